The fourth-order valence-corrected chi connectivity index (χ4v) is 3.36. The minimum Gasteiger partial charge on any atom is -0.374 e. The Hall–Kier alpha value is -3.03. The van der Waals surface area contributed by atoms with Crippen molar-refractivity contribution in [1.82, 2.24) is 5.32 Å². The van der Waals surface area contributed by atoms with E-state index in [2.05, 4.69) is 34.7 Å². The first kappa shape index (κ1) is 20.7. The lowest BCUT2D eigenvalue weighted by Gasteiger charge is -2.27. The lowest BCUT2D eigenvalue weighted by atomic mass is 9.98. The molecule has 2 aromatic rings. The molecule has 2 aromatic carbocycles. The Bertz CT molecular complexity index is 912. The zero-order chi connectivity index (χ0) is 21.0. The summed E-state index contributed by atoms with van der Waals surface area (Å²) in [4.78, 5) is 26.1. The molecule has 0 atom stereocenters. The van der Waals surface area contributed by atoms with E-state index in [-0.39, 0.29) is 12.2 Å². The first-order valence-electron chi connectivity index (χ1n) is 9.33. The highest BCUT2D eigenvalue weighted by molar-refractivity contribution is 6.39. The number of alkyl halides is 3. The van der Waals surface area contributed by atoms with E-state index in [4.69, 9.17) is 0 Å². The van der Waals surface area contributed by atoms with Gasteiger partial charge >= 0.3 is 18.0 Å². The predicted octanol–water partition coefficient (Wildman–Crippen LogP) is 3.39. The number of rotatable bonds is 4. The number of hydrogen-bond donors (Lipinski definition) is 2. The van der Waals surface area contributed by atoms with E-state index in [9.17, 15) is 22.8 Å². The van der Waals surface area contributed by atoms with Crippen molar-refractivity contribution < 1.29 is 22.8 Å². The summed E-state index contributed by atoms with van der Waals surface area (Å²) in [5.41, 5.74) is 2.56. The molecule has 8 heteroatoms. The van der Waals surface area contributed by atoms with E-state index in [0.29, 0.717) is 6.42 Å². The molecule has 0 bridgehead atoms. The van der Waals surface area contributed by atoms with Gasteiger partial charge in [0.05, 0.1) is 5.56 Å². The van der Waals surface area contributed by atoms with Crippen LogP contribution in [0.3, 0.4) is 0 Å². The first-order chi connectivity index (χ1) is 13.7. The number of aryl methyl sites for hydroxylation is 1. The van der Waals surface area contributed by atoms with Gasteiger partial charge in [-0.25, -0.2) is 0 Å². The van der Waals surface area contributed by atoms with Gasteiger partial charge in [-0.1, -0.05) is 18.2 Å². The largest absolute Gasteiger partial charge is 0.416 e. The van der Waals surface area contributed by atoms with Crippen LogP contribution in [-0.2, 0) is 28.6 Å². The Kier molecular flexibility index (Phi) is 6.10. The van der Waals surface area contributed by atoms with Gasteiger partial charge in [-0.05, 0) is 54.7 Å². The maximum absolute atomic E-state index is 12.7. The van der Waals surface area contributed by atoms with Crippen molar-refractivity contribution in [3.05, 3.63) is 59.2 Å². The molecule has 1 aliphatic heterocycles. The molecule has 2 N–H and O–H groups in total. The number of carbonyl (C=O) groups is 2. The topological polar surface area (TPSA) is 61.4 Å². The lowest BCUT2D eigenvalue weighted by molar-refractivity contribution is -0.137. The first-order valence-corrected chi connectivity index (χ1v) is 9.33. The van der Waals surface area contributed by atoms with Crippen molar-refractivity contribution in [1.29, 1.82) is 0 Å². The van der Waals surface area contributed by atoms with Crippen LogP contribution in [-0.4, -0.2) is 32.0 Å². The molecule has 0 spiro atoms. The molecule has 0 radical (unpaired) electrons. The van der Waals surface area contributed by atoms with Crippen LogP contribution in [0, 0.1) is 0 Å². The summed E-state index contributed by atoms with van der Waals surface area (Å²) in [5.74, 6) is -1.89. The molecule has 0 aliphatic carbocycles. The van der Waals surface area contributed by atoms with Crippen LogP contribution < -0.4 is 15.5 Å². The molecule has 0 fully saturated rings. The minimum absolute atomic E-state index is 0.0845. The molecule has 5 nitrogen and oxygen atoms in total. The predicted molar refractivity (Wildman–Crippen MR) is 105 cm³/mol. The molecular formula is C21H22F3N3O2. The second kappa shape index (κ2) is 8.55. The Morgan fingerprint density at radius 2 is 1.90 bits per heavy atom. The molecule has 2 amide bonds. The maximum atomic E-state index is 12.7. The van der Waals surface area contributed by atoms with Gasteiger partial charge in [-0.2, -0.15) is 13.2 Å². The van der Waals surface area contributed by atoms with Gasteiger partial charge < -0.3 is 15.5 Å². The molecule has 3 rings (SSSR count). The van der Waals surface area contributed by atoms with Gasteiger partial charge in [0.25, 0.3) is 0 Å². The monoisotopic (exact) mass is 405 g/mol. The zero-order valence-corrected chi connectivity index (χ0v) is 16.0. The number of amides is 2. The third-order valence-corrected chi connectivity index (χ3v) is 4.85. The number of halogens is 3. The number of fused-ring (bicyclic) bond motifs is 1. The van der Waals surface area contributed by atoms with E-state index < -0.39 is 23.6 Å². The number of anilines is 2. The molecule has 1 heterocycles. The van der Waals surface area contributed by atoms with Crippen LogP contribution >= 0.6 is 0 Å². The van der Waals surface area contributed by atoms with Crippen LogP contribution in [0.4, 0.5) is 24.5 Å². The van der Waals surface area contributed by atoms with Gasteiger partial charge in [0.1, 0.15) is 0 Å². The molecule has 0 saturated heterocycles. The third kappa shape index (κ3) is 5.28. The van der Waals surface area contributed by atoms with Crippen LogP contribution in [0.5, 0.6) is 0 Å². The number of carbonyl (C=O) groups excluding carboxylic acids is 2. The normalized spacial score (nSPS) is 13.6. The fraction of sp³-hybridized carbons (Fsp3) is 0.333. The van der Waals surface area contributed by atoms with Gasteiger partial charge in [-0.15, -0.1) is 0 Å². The molecule has 0 aromatic heterocycles. The zero-order valence-electron chi connectivity index (χ0n) is 16.0. The van der Waals surface area contributed by atoms with Crippen molar-refractivity contribution in [3.63, 3.8) is 0 Å². The van der Waals surface area contributed by atoms with Crippen molar-refractivity contribution >= 4 is 23.2 Å². The quantitative estimate of drug-likeness (QED) is 0.767. The number of nitrogens with one attached hydrogen (secondary N) is 2. The molecule has 0 saturated carbocycles. The highest BCUT2D eigenvalue weighted by Gasteiger charge is 2.30. The SMILES string of the molecule is CN1CCCc2cc(CCNC(=O)C(=O)Nc3cccc(C(F)(F)F)c3)ccc21. The summed E-state index contributed by atoms with van der Waals surface area (Å²) in [7, 11) is 2.06. The smallest absolute Gasteiger partial charge is 0.374 e. The van der Waals surface area contributed by atoms with Gasteiger partial charge in [-0.3, -0.25) is 9.59 Å². The molecular weight excluding hydrogens is 383 g/mol. The van der Waals surface area contributed by atoms with Crippen molar-refractivity contribution in [2.45, 2.75) is 25.4 Å². The van der Waals surface area contributed by atoms with Gasteiger partial charge in [0, 0.05) is 31.5 Å². The van der Waals surface area contributed by atoms with E-state index >= 15 is 0 Å². The molecule has 29 heavy (non-hydrogen) atoms. The average molecular weight is 405 g/mol. The number of benzene rings is 2. The lowest BCUT2D eigenvalue weighted by Crippen LogP contribution is -2.36. The summed E-state index contributed by atoms with van der Waals surface area (Å²) >= 11 is 0. The number of hydrogen-bond acceptors (Lipinski definition) is 3. The Labute approximate surface area is 166 Å². The van der Waals surface area contributed by atoms with E-state index in [1.807, 2.05) is 6.07 Å². The third-order valence-electron chi connectivity index (χ3n) is 4.85. The fourth-order valence-electron chi connectivity index (χ4n) is 3.36. The summed E-state index contributed by atoms with van der Waals surface area (Å²) in [6.45, 7) is 1.28. The standard InChI is InChI=1S/C21H22F3N3O2/c1-27-11-3-4-15-12-14(7-8-18(15)27)9-10-25-19(28)20(29)26-17-6-2-5-16(13-17)21(22,23)24/h2,5-8,12-13H,3-4,9-11H2,1H3,(H,25,28)(H,26,29). The van der Waals surface area contributed by atoms with Gasteiger partial charge in [0.15, 0.2) is 0 Å². The second-order valence-corrected chi connectivity index (χ2v) is 7.03. The average Bonchev–Trinajstić information content (AvgIpc) is 2.67. The van der Waals surface area contributed by atoms with Crippen molar-refractivity contribution in [2.24, 2.45) is 0 Å². The van der Waals surface area contributed by atoms with Crippen LogP contribution in [0.25, 0.3) is 0 Å². The summed E-state index contributed by atoms with van der Waals surface area (Å²) in [5, 5.41) is 4.69. The Morgan fingerprint density at radius 1 is 1.10 bits per heavy atom. The molecule has 0 unspecified atom stereocenters. The number of nitrogens with zero attached hydrogens (tertiary/aromatic N) is 1. The van der Waals surface area contributed by atoms with Crippen molar-refractivity contribution in [2.75, 3.05) is 30.4 Å². The van der Waals surface area contributed by atoms with Crippen LogP contribution in [0.1, 0.15) is 23.1 Å². The summed E-state index contributed by atoms with van der Waals surface area (Å²) < 4.78 is 38.2. The Balaban J connectivity index is 1.51. The second-order valence-electron chi connectivity index (χ2n) is 7.03. The maximum Gasteiger partial charge on any atom is 0.416 e. The van der Waals surface area contributed by atoms with E-state index in [1.165, 1.54) is 23.4 Å². The van der Waals surface area contributed by atoms with Gasteiger partial charge in [0.2, 0.25) is 0 Å². The Morgan fingerprint density at radius 3 is 2.66 bits per heavy atom. The summed E-state index contributed by atoms with van der Waals surface area (Å²) in [6.07, 6.45) is -1.86. The van der Waals surface area contributed by atoms with E-state index in [1.54, 1.807) is 0 Å². The van der Waals surface area contributed by atoms with Crippen LogP contribution in [0.2, 0.25) is 0 Å². The molecule has 154 valence electrons. The van der Waals surface area contributed by atoms with Crippen LogP contribution in [0.15, 0.2) is 42.5 Å². The highest BCUT2D eigenvalue weighted by Crippen LogP contribution is 2.30. The molecule has 1 aliphatic rings. The summed E-state index contributed by atoms with van der Waals surface area (Å²) in [6, 6.07) is 10.3. The van der Waals surface area contributed by atoms with Crippen molar-refractivity contribution in [3.8, 4) is 0 Å². The van der Waals surface area contributed by atoms with E-state index in [0.717, 1.165) is 37.1 Å². The highest BCUT2D eigenvalue weighted by atomic mass is 19.4. The minimum atomic E-state index is -4.52.